The zero-order valence-corrected chi connectivity index (χ0v) is 16.0. The van der Waals surface area contributed by atoms with Gasteiger partial charge in [-0.1, -0.05) is 0 Å². The predicted octanol–water partition coefficient (Wildman–Crippen LogP) is 1.39. The van der Waals surface area contributed by atoms with E-state index < -0.39 is 17.9 Å². The van der Waals surface area contributed by atoms with Crippen LogP contribution in [0.3, 0.4) is 0 Å². The summed E-state index contributed by atoms with van der Waals surface area (Å²) in [4.78, 5) is 23.2. The minimum Gasteiger partial charge on any atom is -0.497 e. The first-order valence-corrected chi connectivity index (χ1v) is 9.54. The lowest BCUT2D eigenvalue weighted by Gasteiger charge is -2.13. The van der Waals surface area contributed by atoms with Gasteiger partial charge in [-0.3, -0.25) is 4.79 Å². The molecule has 0 saturated carbocycles. The van der Waals surface area contributed by atoms with E-state index in [0.29, 0.717) is 24.7 Å². The number of carboxylic acid groups (broad SMARTS) is 1. The molecular weight excluding hydrogens is 370 g/mol. The summed E-state index contributed by atoms with van der Waals surface area (Å²) in [7, 11) is 1.58. The normalized spacial score (nSPS) is 11.8. The second kappa shape index (κ2) is 12.5. The molecule has 1 aromatic carbocycles. The molecule has 0 aliphatic rings. The van der Waals surface area contributed by atoms with Crippen molar-refractivity contribution in [2.75, 3.05) is 32.3 Å². The lowest BCUT2D eigenvalue weighted by atomic mass is 10.2. The standard InChI is InChI=1S/C18H23N3O5S/c1-25-14-3-5-15(6-4-14)26-9-8-20-12-13(11-19)17(22)21-16(18(23)24)7-10-27-2/h3-6,12,16,20H,7-10H2,1-2H3,(H,21,22)(H,23,24)/b13-12-. The van der Waals surface area contributed by atoms with Gasteiger partial charge < -0.3 is 25.2 Å². The highest BCUT2D eigenvalue weighted by molar-refractivity contribution is 7.98. The number of carbonyl (C=O) groups excluding carboxylic acids is 1. The smallest absolute Gasteiger partial charge is 0.326 e. The molecule has 0 fully saturated rings. The fourth-order valence-corrected chi connectivity index (χ4v) is 2.42. The van der Waals surface area contributed by atoms with Crippen molar-refractivity contribution in [2.45, 2.75) is 12.5 Å². The van der Waals surface area contributed by atoms with E-state index in [4.69, 9.17) is 19.8 Å². The maximum absolute atomic E-state index is 12.0. The predicted molar refractivity (Wildman–Crippen MR) is 103 cm³/mol. The van der Waals surface area contributed by atoms with E-state index in [1.54, 1.807) is 37.4 Å². The Morgan fingerprint density at radius 2 is 2.00 bits per heavy atom. The van der Waals surface area contributed by atoms with E-state index in [1.165, 1.54) is 18.0 Å². The van der Waals surface area contributed by atoms with Crippen LogP contribution in [0, 0.1) is 11.3 Å². The number of thioether (sulfide) groups is 1. The topological polar surface area (TPSA) is 121 Å². The summed E-state index contributed by atoms with van der Waals surface area (Å²) in [5, 5.41) is 23.4. The molecule has 8 nitrogen and oxygen atoms in total. The number of rotatable bonds is 12. The number of carboxylic acids is 1. The summed E-state index contributed by atoms with van der Waals surface area (Å²) in [5.41, 5.74) is -0.199. The SMILES string of the molecule is COc1ccc(OCCN/C=C(/C#N)C(=O)NC(CCSC)C(=O)O)cc1. The minimum absolute atomic E-state index is 0.199. The molecular formula is C18H23N3O5S. The zero-order chi connectivity index (χ0) is 20.1. The molecule has 0 spiro atoms. The van der Waals surface area contributed by atoms with Crippen molar-refractivity contribution in [3.63, 3.8) is 0 Å². The number of nitrogens with zero attached hydrogens (tertiary/aromatic N) is 1. The third-order valence-electron chi connectivity index (χ3n) is 3.40. The summed E-state index contributed by atoms with van der Waals surface area (Å²) in [5.74, 6) is 0.123. The van der Waals surface area contributed by atoms with Gasteiger partial charge in [0.1, 0.15) is 35.8 Å². The molecule has 0 radical (unpaired) electrons. The molecule has 1 rings (SSSR count). The lowest BCUT2D eigenvalue weighted by Crippen LogP contribution is -2.42. The number of ether oxygens (including phenoxy) is 2. The highest BCUT2D eigenvalue weighted by atomic mass is 32.2. The quantitative estimate of drug-likeness (QED) is 0.277. The van der Waals surface area contributed by atoms with Crippen molar-refractivity contribution in [2.24, 2.45) is 0 Å². The van der Waals surface area contributed by atoms with E-state index in [0.717, 1.165) is 5.75 Å². The molecule has 0 bridgehead atoms. The first-order chi connectivity index (χ1) is 13.0. The Labute approximate surface area is 162 Å². The second-order valence-corrected chi connectivity index (χ2v) is 6.28. The lowest BCUT2D eigenvalue weighted by molar-refractivity contribution is -0.141. The van der Waals surface area contributed by atoms with Gasteiger partial charge in [-0.05, 0) is 42.7 Å². The van der Waals surface area contributed by atoms with Gasteiger partial charge in [0, 0.05) is 12.7 Å². The van der Waals surface area contributed by atoms with E-state index >= 15 is 0 Å². The number of aliphatic carboxylic acids is 1. The fraction of sp³-hybridized carbons (Fsp3) is 0.389. The van der Waals surface area contributed by atoms with Crippen molar-refractivity contribution in [3.05, 3.63) is 36.0 Å². The molecule has 1 aromatic rings. The molecule has 0 aliphatic heterocycles. The van der Waals surface area contributed by atoms with Gasteiger partial charge in [0.2, 0.25) is 0 Å². The number of hydrogen-bond donors (Lipinski definition) is 3. The first-order valence-electron chi connectivity index (χ1n) is 8.15. The fourth-order valence-electron chi connectivity index (χ4n) is 1.95. The van der Waals surface area contributed by atoms with Crippen LogP contribution in [0.4, 0.5) is 0 Å². The van der Waals surface area contributed by atoms with Crippen molar-refractivity contribution < 1.29 is 24.2 Å². The number of carbonyl (C=O) groups is 2. The third kappa shape index (κ3) is 8.37. The number of amides is 1. The van der Waals surface area contributed by atoms with Crippen LogP contribution >= 0.6 is 11.8 Å². The molecule has 27 heavy (non-hydrogen) atoms. The molecule has 146 valence electrons. The van der Waals surface area contributed by atoms with Crippen LogP contribution in [-0.2, 0) is 9.59 Å². The number of nitrogens with one attached hydrogen (secondary N) is 2. The summed E-state index contributed by atoms with van der Waals surface area (Å²) in [6.45, 7) is 0.675. The van der Waals surface area contributed by atoms with Gasteiger partial charge in [0.25, 0.3) is 5.91 Å². The molecule has 3 N–H and O–H groups in total. The third-order valence-corrected chi connectivity index (χ3v) is 4.04. The molecule has 0 heterocycles. The van der Waals surface area contributed by atoms with Crippen LogP contribution in [0.5, 0.6) is 11.5 Å². The van der Waals surface area contributed by atoms with Crippen LogP contribution in [0.25, 0.3) is 0 Å². The number of benzene rings is 1. The maximum Gasteiger partial charge on any atom is 0.326 e. The van der Waals surface area contributed by atoms with Gasteiger partial charge in [-0.2, -0.15) is 17.0 Å². The van der Waals surface area contributed by atoms with Gasteiger partial charge in [-0.15, -0.1) is 0 Å². The Hall–Kier alpha value is -2.86. The molecule has 0 aromatic heterocycles. The van der Waals surface area contributed by atoms with Crippen LogP contribution < -0.4 is 20.1 Å². The summed E-state index contributed by atoms with van der Waals surface area (Å²) in [6, 6.07) is 7.81. The number of nitriles is 1. The van der Waals surface area contributed by atoms with Crippen LogP contribution in [0.1, 0.15) is 6.42 Å². The van der Waals surface area contributed by atoms with Gasteiger partial charge in [-0.25, -0.2) is 4.79 Å². The monoisotopic (exact) mass is 393 g/mol. The average Bonchev–Trinajstić information content (AvgIpc) is 2.67. The Morgan fingerprint density at radius 1 is 1.33 bits per heavy atom. The van der Waals surface area contributed by atoms with Gasteiger partial charge >= 0.3 is 5.97 Å². The zero-order valence-electron chi connectivity index (χ0n) is 15.2. The van der Waals surface area contributed by atoms with E-state index in [1.807, 2.05) is 6.26 Å². The second-order valence-electron chi connectivity index (χ2n) is 5.29. The highest BCUT2D eigenvalue weighted by Crippen LogP contribution is 2.16. The van der Waals surface area contributed by atoms with Crippen molar-refractivity contribution in [1.29, 1.82) is 5.26 Å². The Balaban J connectivity index is 2.45. The van der Waals surface area contributed by atoms with Gasteiger partial charge in [0.05, 0.1) is 7.11 Å². The highest BCUT2D eigenvalue weighted by Gasteiger charge is 2.21. The van der Waals surface area contributed by atoms with Crippen molar-refractivity contribution in [1.82, 2.24) is 10.6 Å². The van der Waals surface area contributed by atoms with Crippen molar-refractivity contribution >= 4 is 23.6 Å². The Kier molecular flexibility index (Phi) is 10.3. The molecule has 9 heteroatoms. The van der Waals surface area contributed by atoms with Crippen LogP contribution in [0.2, 0.25) is 0 Å². The largest absolute Gasteiger partial charge is 0.497 e. The summed E-state index contributed by atoms with van der Waals surface area (Å²) >= 11 is 1.48. The van der Waals surface area contributed by atoms with E-state index in [2.05, 4.69) is 10.6 Å². The molecule has 1 amide bonds. The number of methoxy groups -OCH3 is 1. The Morgan fingerprint density at radius 3 is 2.56 bits per heavy atom. The average molecular weight is 393 g/mol. The first kappa shape index (κ1) is 22.2. The van der Waals surface area contributed by atoms with E-state index in [9.17, 15) is 9.59 Å². The molecule has 0 aliphatic carbocycles. The molecule has 1 atom stereocenters. The Bertz CT molecular complexity index is 685. The number of hydrogen-bond acceptors (Lipinski definition) is 7. The van der Waals surface area contributed by atoms with Crippen LogP contribution in [-0.4, -0.2) is 55.3 Å². The summed E-state index contributed by atoms with van der Waals surface area (Å²) < 4.78 is 10.6. The minimum atomic E-state index is -1.13. The maximum atomic E-state index is 12.0. The summed E-state index contributed by atoms with van der Waals surface area (Å²) in [6.07, 6.45) is 3.38. The molecule has 1 unspecified atom stereocenters. The van der Waals surface area contributed by atoms with Gasteiger partial charge in [0.15, 0.2) is 0 Å². The molecule has 0 saturated heterocycles. The van der Waals surface area contributed by atoms with E-state index in [-0.39, 0.29) is 12.0 Å². The van der Waals surface area contributed by atoms with Crippen molar-refractivity contribution in [3.8, 4) is 17.6 Å². The van der Waals surface area contributed by atoms with Crippen LogP contribution in [0.15, 0.2) is 36.0 Å².